The van der Waals surface area contributed by atoms with Crippen molar-refractivity contribution in [3.05, 3.63) is 36.5 Å². The number of aryl methyl sites for hydroxylation is 1. The van der Waals surface area contributed by atoms with Crippen LogP contribution in [0.4, 0.5) is 0 Å². The molecule has 0 bridgehead atoms. The summed E-state index contributed by atoms with van der Waals surface area (Å²) in [5.74, 6) is 0. The van der Waals surface area contributed by atoms with E-state index in [1.807, 2.05) is 51.1 Å². The minimum absolute atomic E-state index is 0.195. The van der Waals surface area contributed by atoms with Crippen molar-refractivity contribution in [2.45, 2.75) is 31.2 Å². The molecule has 1 N–H and O–H groups in total. The molecule has 0 aliphatic heterocycles. The van der Waals surface area contributed by atoms with E-state index in [1.54, 1.807) is 7.05 Å². The molecule has 0 saturated carbocycles. The lowest BCUT2D eigenvalue weighted by Crippen LogP contribution is -2.40. The fourth-order valence-electron chi connectivity index (χ4n) is 1.92. The SMILES string of the molecule is Cn1cc(S(=O)(=O)NC(C)(C)C)c(-c2ccccc2)n1. The monoisotopic (exact) mass is 293 g/mol. The molecular formula is C14H19N3O2S. The van der Waals surface area contributed by atoms with Gasteiger partial charge in [-0.05, 0) is 20.8 Å². The topological polar surface area (TPSA) is 64.0 Å². The summed E-state index contributed by atoms with van der Waals surface area (Å²) in [5.41, 5.74) is 0.704. The Labute approximate surface area is 119 Å². The number of hydrogen-bond acceptors (Lipinski definition) is 3. The smallest absolute Gasteiger partial charge is 0.244 e. The van der Waals surface area contributed by atoms with Crippen molar-refractivity contribution in [3.8, 4) is 11.3 Å². The summed E-state index contributed by atoms with van der Waals surface area (Å²) in [5, 5.41) is 4.27. The minimum atomic E-state index is -3.61. The standard InChI is InChI=1S/C14H19N3O2S/c1-14(2,3)16-20(18,19)12-10-17(4)15-13(12)11-8-6-5-7-9-11/h5-10,16H,1-4H3. The van der Waals surface area contributed by atoms with Crippen molar-refractivity contribution in [2.75, 3.05) is 0 Å². The molecule has 0 atom stereocenters. The number of sulfonamides is 1. The number of nitrogens with one attached hydrogen (secondary N) is 1. The molecule has 5 nitrogen and oxygen atoms in total. The van der Waals surface area contributed by atoms with Crippen LogP contribution in [-0.2, 0) is 17.1 Å². The van der Waals surface area contributed by atoms with Crippen LogP contribution in [0.15, 0.2) is 41.4 Å². The fourth-order valence-corrected chi connectivity index (χ4v) is 3.54. The van der Waals surface area contributed by atoms with Crippen LogP contribution in [0.25, 0.3) is 11.3 Å². The van der Waals surface area contributed by atoms with Crippen molar-refractivity contribution in [2.24, 2.45) is 7.05 Å². The summed E-state index contributed by atoms with van der Waals surface area (Å²) < 4.78 is 29.1. The maximum atomic E-state index is 12.5. The first kappa shape index (κ1) is 14.7. The van der Waals surface area contributed by atoms with Crippen molar-refractivity contribution in [3.63, 3.8) is 0 Å². The van der Waals surface area contributed by atoms with Crippen LogP contribution in [0, 0.1) is 0 Å². The van der Waals surface area contributed by atoms with E-state index in [-0.39, 0.29) is 4.90 Å². The second-order valence-electron chi connectivity index (χ2n) is 5.74. The Morgan fingerprint density at radius 1 is 1.15 bits per heavy atom. The highest BCUT2D eigenvalue weighted by atomic mass is 32.2. The van der Waals surface area contributed by atoms with E-state index in [9.17, 15) is 8.42 Å². The lowest BCUT2D eigenvalue weighted by molar-refractivity contribution is 0.491. The molecular weight excluding hydrogens is 274 g/mol. The molecule has 108 valence electrons. The van der Waals surface area contributed by atoms with Gasteiger partial charge in [0.05, 0.1) is 0 Å². The third-order valence-electron chi connectivity index (χ3n) is 2.57. The molecule has 1 heterocycles. The highest BCUT2D eigenvalue weighted by molar-refractivity contribution is 7.89. The van der Waals surface area contributed by atoms with E-state index in [1.165, 1.54) is 10.9 Å². The Balaban J connectivity index is 2.54. The van der Waals surface area contributed by atoms with Gasteiger partial charge in [0.2, 0.25) is 10.0 Å². The first-order valence-corrected chi connectivity index (χ1v) is 7.80. The Kier molecular flexibility index (Phi) is 3.71. The van der Waals surface area contributed by atoms with Crippen LogP contribution >= 0.6 is 0 Å². The molecule has 20 heavy (non-hydrogen) atoms. The van der Waals surface area contributed by atoms with E-state index in [4.69, 9.17) is 0 Å². The van der Waals surface area contributed by atoms with E-state index in [0.717, 1.165) is 5.56 Å². The quantitative estimate of drug-likeness (QED) is 0.943. The molecule has 0 spiro atoms. The molecule has 0 saturated heterocycles. The van der Waals surface area contributed by atoms with E-state index in [0.29, 0.717) is 5.69 Å². The Morgan fingerprint density at radius 3 is 2.30 bits per heavy atom. The van der Waals surface area contributed by atoms with Crippen molar-refractivity contribution >= 4 is 10.0 Å². The van der Waals surface area contributed by atoms with Gasteiger partial charge in [-0.1, -0.05) is 30.3 Å². The first-order valence-electron chi connectivity index (χ1n) is 6.32. The number of hydrogen-bond donors (Lipinski definition) is 1. The lowest BCUT2D eigenvalue weighted by Gasteiger charge is -2.20. The zero-order valence-electron chi connectivity index (χ0n) is 12.1. The second kappa shape index (κ2) is 5.03. The van der Waals surface area contributed by atoms with Crippen molar-refractivity contribution < 1.29 is 8.42 Å². The second-order valence-corrected chi connectivity index (χ2v) is 7.39. The molecule has 2 rings (SSSR count). The third kappa shape index (κ3) is 3.26. The van der Waals surface area contributed by atoms with Gasteiger partial charge in [0, 0.05) is 24.3 Å². The molecule has 0 radical (unpaired) electrons. The highest BCUT2D eigenvalue weighted by Gasteiger charge is 2.27. The van der Waals surface area contributed by atoms with Gasteiger partial charge in [-0.2, -0.15) is 5.10 Å². The van der Waals surface area contributed by atoms with Gasteiger partial charge in [0.25, 0.3) is 0 Å². The van der Waals surface area contributed by atoms with Crippen LogP contribution in [0.1, 0.15) is 20.8 Å². The summed E-state index contributed by atoms with van der Waals surface area (Å²) in [7, 11) is -1.90. The molecule has 6 heteroatoms. The van der Waals surface area contributed by atoms with E-state index < -0.39 is 15.6 Å². The molecule has 0 amide bonds. The number of nitrogens with zero attached hydrogens (tertiary/aromatic N) is 2. The van der Waals surface area contributed by atoms with Gasteiger partial charge in [-0.25, -0.2) is 13.1 Å². The van der Waals surface area contributed by atoms with Crippen LogP contribution < -0.4 is 4.72 Å². The van der Waals surface area contributed by atoms with Crippen LogP contribution in [0.5, 0.6) is 0 Å². The normalized spacial score (nSPS) is 12.6. The minimum Gasteiger partial charge on any atom is -0.274 e. The van der Waals surface area contributed by atoms with Crippen molar-refractivity contribution in [1.82, 2.24) is 14.5 Å². The molecule has 1 aromatic carbocycles. The summed E-state index contributed by atoms with van der Waals surface area (Å²) >= 11 is 0. The van der Waals surface area contributed by atoms with Gasteiger partial charge in [-0.15, -0.1) is 0 Å². The first-order chi connectivity index (χ1) is 9.19. The number of rotatable bonds is 3. The zero-order chi connectivity index (χ0) is 15.0. The Bertz CT molecular complexity index is 698. The lowest BCUT2D eigenvalue weighted by atomic mass is 10.1. The summed E-state index contributed by atoms with van der Waals surface area (Å²) in [6, 6.07) is 9.29. The van der Waals surface area contributed by atoms with E-state index >= 15 is 0 Å². The summed E-state index contributed by atoms with van der Waals surface area (Å²) in [6.07, 6.45) is 1.52. The van der Waals surface area contributed by atoms with Gasteiger partial charge < -0.3 is 0 Å². The average Bonchev–Trinajstić information content (AvgIpc) is 2.70. The van der Waals surface area contributed by atoms with Gasteiger partial charge >= 0.3 is 0 Å². The van der Waals surface area contributed by atoms with E-state index in [2.05, 4.69) is 9.82 Å². The zero-order valence-corrected chi connectivity index (χ0v) is 12.9. The summed E-state index contributed by atoms with van der Waals surface area (Å²) in [4.78, 5) is 0.195. The van der Waals surface area contributed by atoms with Gasteiger partial charge in [0.1, 0.15) is 10.6 Å². The summed E-state index contributed by atoms with van der Waals surface area (Å²) in [6.45, 7) is 5.43. The fraction of sp³-hybridized carbons (Fsp3) is 0.357. The Morgan fingerprint density at radius 2 is 1.75 bits per heavy atom. The van der Waals surface area contributed by atoms with Gasteiger partial charge in [-0.3, -0.25) is 4.68 Å². The number of aromatic nitrogens is 2. The molecule has 0 unspecified atom stereocenters. The average molecular weight is 293 g/mol. The van der Waals surface area contributed by atoms with Crippen LogP contribution in [0.3, 0.4) is 0 Å². The predicted molar refractivity (Wildman–Crippen MR) is 78.7 cm³/mol. The van der Waals surface area contributed by atoms with Crippen LogP contribution in [0.2, 0.25) is 0 Å². The molecule has 2 aromatic rings. The molecule has 1 aromatic heterocycles. The van der Waals surface area contributed by atoms with Crippen molar-refractivity contribution in [1.29, 1.82) is 0 Å². The maximum Gasteiger partial charge on any atom is 0.244 e. The van der Waals surface area contributed by atoms with Crippen LogP contribution in [-0.4, -0.2) is 23.7 Å². The third-order valence-corrected chi connectivity index (χ3v) is 4.33. The Hall–Kier alpha value is -1.66. The molecule has 0 fully saturated rings. The molecule has 0 aliphatic rings. The van der Waals surface area contributed by atoms with Gasteiger partial charge in [0.15, 0.2) is 0 Å². The maximum absolute atomic E-state index is 12.5. The predicted octanol–water partition coefficient (Wildman–Crippen LogP) is 2.16. The largest absolute Gasteiger partial charge is 0.274 e. The highest BCUT2D eigenvalue weighted by Crippen LogP contribution is 2.26. The molecule has 0 aliphatic carbocycles. The number of benzene rings is 1.